The highest BCUT2D eigenvalue weighted by Crippen LogP contribution is 2.34. The molecule has 2 aromatic rings. The number of carbonyl (C=O) groups excluding carboxylic acids is 1. The molecule has 2 heterocycles. The molecule has 1 N–H and O–H groups in total. The van der Waals surface area contributed by atoms with Crippen LogP contribution in [-0.2, 0) is 16.5 Å². The number of hydrogen-bond donors (Lipinski definition) is 1. The molecular formula is C22H21F4NO4. The first kappa shape index (κ1) is 21.6. The normalized spacial score (nSPS) is 20.1. The number of amides is 1. The van der Waals surface area contributed by atoms with Crippen LogP contribution in [0.1, 0.15) is 34.3 Å². The van der Waals surface area contributed by atoms with Crippen molar-refractivity contribution in [3.8, 4) is 5.75 Å². The number of halogens is 4. The third-order valence-electron chi connectivity index (χ3n) is 5.63. The summed E-state index contributed by atoms with van der Waals surface area (Å²) in [6.45, 7) is 0.638. The first-order valence-electron chi connectivity index (χ1n) is 9.83. The Morgan fingerprint density at radius 1 is 1.00 bits per heavy atom. The number of rotatable bonds is 4. The lowest BCUT2D eigenvalue weighted by Gasteiger charge is -2.37. The van der Waals surface area contributed by atoms with E-state index >= 15 is 4.39 Å². The summed E-state index contributed by atoms with van der Waals surface area (Å²) < 4.78 is 63.3. The number of likely N-dealkylation sites (tertiary alicyclic amines) is 1. The average molecular weight is 439 g/mol. The lowest BCUT2D eigenvalue weighted by molar-refractivity contribution is -0.184. The number of piperidine rings is 1. The van der Waals surface area contributed by atoms with Crippen molar-refractivity contribution < 1.29 is 36.9 Å². The molecule has 2 fully saturated rings. The van der Waals surface area contributed by atoms with E-state index < -0.39 is 23.2 Å². The fourth-order valence-corrected chi connectivity index (χ4v) is 3.64. The summed E-state index contributed by atoms with van der Waals surface area (Å²) >= 11 is 0. The van der Waals surface area contributed by atoms with Gasteiger partial charge in [0.1, 0.15) is 11.4 Å². The molecule has 1 amide bonds. The second kappa shape index (κ2) is 7.80. The lowest BCUT2D eigenvalue weighted by Crippen LogP contribution is -2.47. The molecule has 0 aromatic heterocycles. The molecule has 0 aliphatic carbocycles. The van der Waals surface area contributed by atoms with Gasteiger partial charge in [0, 0.05) is 31.5 Å². The number of ether oxygens (including phenoxy) is 2. The quantitative estimate of drug-likeness (QED) is 0.735. The van der Waals surface area contributed by atoms with Crippen LogP contribution in [0.3, 0.4) is 0 Å². The van der Waals surface area contributed by atoms with E-state index in [9.17, 15) is 23.1 Å². The first-order chi connectivity index (χ1) is 14.6. The van der Waals surface area contributed by atoms with Crippen LogP contribution in [-0.4, -0.2) is 48.1 Å². The maximum Gasteiger partial charge on any atom is 0.416 e. The smallest absolute Gasteiger partial charge is 0.416 e. The van der Waals surface area contributed by atoms with Gasteiger partial charge in [-0.15, -0.1) is 0 Å². The lowest BCUT2D eigenvalue weighted by atomic mass is 9.91. The Hall–Kier alpha value is -2.65. The van der Waals surface area contributed by atoms with Gasteiger partial charge < -0.3 is 19.5 Å². The van der Waals surface area contributed by atoms with Crippen LogP contribution < -0.4 is 4.74 Å². The molecule has 0 radical (unpaired) electrons. The standard InChI is InChI=1S/C22H21F4NO4/c23-21(31-18-7-5-17(6-8-18)22(24,25)26)9-11-27(12-10-21)19(28)15-1-3-16(4-2-15)20(29)13-30-14-20/h1-8,29H,9-14H2. The summed E-state index contributed by atoms with van der Waals surface area (Å²) in [7, 11) is 0. The monoisotopic (exact) mass is 439 g/mol. The maximum absolute atomic E-state index is 15.0. The zero-order valence-corrected chi connectivity index (χ0v) is 16.5. The summed E-state index contributed by atoms with van der Waals surface area (Å²) in [6.07, 6.45) is -4.68. The molecule has 0 unspecified atom stereocenters. The minimum atomic E-state index is -4.47. The number of aliphatic hydroxyl groups is 1. The predicted octanol–water partition coefficient (Wildman–Crippen LogP) is 3.90. The summed E-state index contributed by atoms with van der Waals surface area (Å²) in [5.74, 6) is -2.32. The fourth-order valence-electron chi connectivity index (χ4n) is 3.64. The molecule has 9 heteroatoms. The summed E-state index contributed by atoms with van der Waals surface area (Å²) in [5.41, 5.74) is -0.767. The molecular weight excluding hydrogens is 418 g/mol. The predicted molar refractivity (Wildman–Crippen MR) is 102 cm³/mol. The highest BCUT2D eigenvalue weighted by molar-refractivity contribution is 5.94. The van der Waals surface area contributed by atoms with E-state index in [1.165, 1.54) is 4.90 Å². The Balaban J connectivity index is 1.34. The van der Waals surface area contributed by atoms with Crippen molar-refractivity contribution in [2.24, 2.45) is 0 Å². The molecule has 2 saturated heterocycles. The molecule has 31 heavy (non-hydrogen) atoms. The molecule has 0 bridgehead atoms. The van der Waals surface area contributed by atoms with Crippen LogP contribution in [0.25, 0.3) is 0 Å². The number of hydrogen-bond acceptors (Lipinski definition) is 4. The van der Waals surface area contributed by atoms with Gasteiger partial charge in [0.25, 0.3) is 11.8 Å². The van der Waals surface area contributed by atoms with Crippen molar-refractivity contribution in [3.05, 3.63) is 65.2 Å². The van der Waals surface area contributed by atoms with Gasteiger partial charge in [-0.25, -0.2) is 0 Å². The SMILES string of the molecule is O=C(c1ccc(C2(O)COC2)cc1)N1CCC(F)(Oc2ccc(C(F)(F)F)cc2)CC1. The molecule has 2 aliphatic rings. The second-order valence-corrected chi connectivity index (χ2v) is 7.90. The first-order valence-corrected chi connectivity index (χ1v) is 9.83. The van der Waals surface area contributed by atoms with Crippen LogP contribution in [0.2, 0.25) is 0 Å². The van der Waals surface area contributed by atoms with Crippen LogP contribution in [0, 0.1) is 0 Å². The number of alkyl halides is 4. The zero-order valence-electron chi connectivity index (χ0n) is 16.5. The summed E-state index contributed by atoms with van der Waals surface area (Å²) in [5, 5.41) is 10.3. The Bertz CT molecular complexity index is 931. The molecule has 0 saturated carbocycles. The van der Waals surface area contributed by atoms with Gasteiger partial charge >= 0.3 is 6.18 Å². The minimum absolute atomic E-state index is 0.00349. The van der Waals surface area contributed by atoms with E-state index in [4.69, 9.17) is 9.47 Å². The van der Waals surface area contributed by atoms with Crippen LogP contribution in [0.4, 0.5) is 17.6 Å². The van der Waals surface area contributed by atoms with Crippen molar-refractivity contribution in [2.75, 3.05) is 26.3 Å². The number of benzene rings is 2. The van der Waals surface area contributed by atoms with E-state index in [1.54, 1.807) is 24.3 Å². The average Bonchev–Trinajstić information content (AvgIpc) is 2.72. The Morgan fingerprint density at radius 2 is 1.58 bits per heavy atom. The van der Waals surface area contributed by atoms with Crippen molar-refractivity contribution in [1.29, 1.82) is 0 Å². The van der Waals surface area contributed by atoms with E-state index in [-0.39, 0.29) is 50.8 Å². The Labute approximate surface area is 176 Å². The van der Waals surface area contributed by atoms with Gasteiger partial charge in [-0.1, -0.05) is 12.1 Å². The Morgan fingerprint density at radius 3 is 2.06 bits per heavy atom. The highest BCUT2D eigenvalue weighted by Gasteiger charge is 2.40. The van der Waals surface area contributed by atoms with E-state index in [0.717, 1.165) is 24.3 Å². The van der Waals surface area contributed by atoms with Gasteiger partial charge in [0.2, 0.25) is 0 Å². The van der Waals surface area contributed by atoms with E-state index in [0.29, 0.717) is 11.1 Å². The van der Waals surface area contributed by atoms with Crippen molar-refractivity contribution in [2.45, 2.75) is 30.5 Å². The van der Waals surface area contributed by atoms with Gasteiger partial charge in [-0.05, 0) is 42.0 Å². The summed E-state index contributed by atoms with van der Waals surface area (Å²) in [6, 6.07) is 10.4. The van der Waals surface area contributed by atoms with Crippen LogP contribution in [0.15, 0.2) is 48.5 Å². The molecule has 2 aromatic carbocycles. The summed E-state index contributed by atoms with van der Waals surface area (Å²) in [4.78, 5) is 14.2. The highest BCUT2D eigenvalue weighted by atomic mass is 19.4. The van der Waals surface area contributed by atoms with Gasteiger partial charge in [-0.3, -0.25) is 4.79 Å². The van der Waals surface area contributed by atoms with E-state index in [1.807, 2.05) is 0 Å². The van der Waals surface area contributed by atoms with Gasteiger partial charge in [0.15, 0.2) is 0 Å². The van der Waals surface area contributed by atoms with Crippen molar-refractivity contribution in [1.82, 2.24) is 4.90 Å². The number of nitrogens with zero attached hydrogens (tertiary/aromatic N) is 1. The minimum Gasteiger partial charge on any atom is -0.458 e. The van der Waals surface area contributed by atoms with Crippen LogP contribution >= 0.6 is 0 Å². The molecule has 5 nitrogen and oxygen atoms in total. The topological polar surface area (TPSA) is 59.0 Å². The molecule has 4 rings (SSSR count). The fraction of sp³-hybridized carbons (Fsp3) is 0.409. The van der Waals surface area contributed by atoms with Crippen LogP contribution in [0.5, 0.6) is 5.75 Å². The second-order valence-electron chi connectivity index (χ2n) is 7.90. The largest absolute Gasteiger partial charge is 0.458 e. The van der Waals surface area contributed by atoms with E-state index in [2.05, 4.69) is 0 Å². The molecule has 0 spiro atoms. The molecule has 2 aliphatic heterocycles. The molecule has 166 valence electrons. The van der Waals surface area contributed by atoms with Gasteiger partial charge in [0.05, 0.1) is 18.8 Å². The number of carbonyl (C=O) groups is 1. The van der Waals surface area contributed by atoms with Crippen molar-refractivity contribution in [3.63, 3.8) is 0 Å². The third-order valence-corrected chi connectivity index (χ3v) is 5.63. The zero-order chi connectivity index (χ0) is 22.3. The van der Waals surface area contributed by atoms with Crippen molar-refractivity contribution >= 4 is 5.91 Å². The molecule has 0 atom stereocenters. The Kier molecular flexibility index (Phi) is 5.43. The van der Waals surface area contributed by atoms with Gasteiger partial charge in [-0.2, -0.15) is 17.6 Å². The third kappa shape index (κ3) is 4.52. The maximum atomic E-state index is 15.0.